The van der Waals surface area contributed by atoms with Crippen LogP contribution in [0.2, 0.25) is 0 Å². The number of rotatable bonds is 5. The maximum atomic E-state index is 12.1. The molecule has 0 spiro atoms. The Morgan fingerprint density at radius 2 is 2.00 bits per heavy atom. The summed E-state index contributed by atoms with van der Waals surface area (Å²) in [5.74, 6) is -0.484. The maximum Gasteiger partial charge on any atom is 0.422 e. The fourth-order valence-corrected chi connectivity index (χ4v) is 2.21. The lowest BCUT2D eigenvalue weighted by Crippen LogP contribution is -2.44. The van der Waals surface area contributed by atoms with Gasteiger partial charge in [-0.2, -0.15) is 13.2 Å². The number of pyridine rings is 1. The maximum absolute atomic E-state index is 12.1. The number of alkyl halides is 3. The predicted octanol–water partition coefficient (Wildman–Crippen LogP) is 2.56. The van der Waals surface area contributed by atoms with Gasteiger partial charge in [0.05, 0.1) is 17.9 Å². The summed E-state index contributed by atoms with van der Waals surface area (Å²) in [6, 6.07) is 1.99. The molecule has 1 aliphatic heterocycles. The fraction of sp³-hybridized carbons (Fsp3) is 0.571. The quantitative estimate of drug-likeness (QED) is 0.785. The number of ether oxygens (including phenoxy) is 2. The summed E-state index contributed by atoms with van der Waals surface area (Å²) in [6.07, 6.45) is -1.76. The number of carbonyl (C=O) groups excluding carboxylic acids is 1. The molecule has 1 aromatic rings. The summed E-state index contributed by atoms with van der Waals surface area (Å²) in [6.45, 7) is -0.253. The van der Waals surface area contributed by atoms with Crippen molar-refractivity contribution in [2.45, 2.75) is 25.1 Å². The minimum atomic E-state index is -4.43. The lowest BCUT2D eigenvalue weighted by molar-refractivity contribution is -0.154. The molecule has 1 atom stereocenters. The summed E-state index contributed by atoms with van der Waals surface area (Å²) >= 11 is 0. The summed E-state index contributed by atoms with van der Waals surface area (Å²) in [7, 11) is 0. The second-order valence-corrected chi connectivity index (χ2v) is 5.25. The zero-order valence-corrected chi connectivity index (χ0v) is 14.8. The van der Waals surface area contributed by atoms with Gasteiger partial charge in [0.2, 0.25) is 11.8 Å². The van der Waals surface area contributed by atoms with E-state index >= 15 is 0 Å². The predicted molar refractivity (Wildman–Crippen MR) is 90.4 cm³/mol. The molecule has 0 saturated carbocycles. The van der Waals surface area contributed by atoms with Gasteiger partial charge in [0.15, 0.2) is 6.61 Å². The van der Waals surface area contributed by atoms with Gasteiger partial charge in [-0.25, -0.2) is 4.98 Å². The van der Waals surface area contributed by atoms with Crippen molar-refractivity contribution in [1.29, 1.82) is 0 Å². The largest absolute Gasteiger partial charge is 0.468 e. The molecular formula is C14H20Cl2F3N3O3. The van der Waals surface area contributed by atoms with Crippen LogP contribution in [0.25, 0.3) is 0 Å². The molecule has 11 heteroatoms. The Hall–Kier alpha value is -1.29. The number of nitrogens with zero attached hydrogens (tertiary/aromatic N) is 1. The molecule has 1 saturated heterocycles. The second-order valence-electron chi connectivity index (χ2n) is 5.25. The first-order chi connectivity index (χ1) is 10.8. The van der Waals surface area contributed by atoms with Gasteiger partial charge in [-0.15, -0.1) is 24.8 Å². The molecule has 0 aromatic carbocycles. The Balaban J connectivity index is 0.00000288. The molecular weight excluding hydrogens is 386 g/mol. The van der Waals surface area contributed by atoms with E-state index in [0.29, 0.717) is 18.9 Å². The van der Waals surface area contributed by atoms with Crippen LogP contribution in [0.5, 0.6) is 5.88 Å². The SMILES string of the molecule is Cl.Cl.NC(C(=O)Nc1ccc(OCC(F)(F)F)nc1)C1CCOCC1. The molecule has 6 nitrogen and oxygen atoms in total. The number of hydrogen-bond acceptors (Lipinski definition) is 5. The molecule has 1 aliphatic rings. The third-order valence-electron chi connectivity index (χ3n) is 3.46. The molecule has 1 amide bonds. The molecule has 0 radical (unpaired) electrons. The second kappa shape index (κ2) is 10.6. The van der Waals surface area contributed by atoms with E-state index in [2.05, 4.69) is 15.0 Å². The zero-order valence-electron chi connectivity index (χ0n) is 13.1. The Labute approximate surface area is 155 Å². The first-order valence-corrected chi connectivity index (χ1v) is 7.15. The fourth-order valence-electron chi connectivity index (χ4n) is 2.21. The van der Waals surface area contributed by atoms with Gasteiger partial charge in [0, 0.05) is 19.3 Å². The zero-order chi connectivity index (χ0) is 16.9. The van der Waals surface area contributed by atoms with E-state index in [1.54, 1.807) is 0 Å². The minimum Gasteiger partial charge on any atom is -0.468 e. The van der Waals surface area contributed by atoms with Gasteiger partial charge in [0.25, 0.3) is 0 Å². The average molecular weight is 406 g/mol. The monoisotopic (exact) mass is 405 g/mol. The number of nitrogens with two attached hydrogens (primary N) is 1. The molecule has 0 bridgehead atoms. The average Bonchev–Trinajstić information content (AvgIpc) is 2.53. The van der Waals surface area contributed by atoms with Crippen LogP contribution in [0.1, 0.15) is 12.8 Å². The van der Waals surface area contributed by atoms with Crippen LogP contribution in [0, 0.1) is 5.92 Å². The lowest BCUT2D eigenvalue weighted by atomic mass is 9.92. The van der Waals surface area contributed by atoms with Gasteiger partial charge in [-0.05, 0) is 24.8 Å². The van der Waals surface area contributed by atoms with Crippen LogP contribution in [0.4, 0.5) is 18.9 Å². The van der Waals surface area contributed by atoms with Crippen molar-refractivity contribution in [3.05, 3.63) is 18.3 Å². The number of amides is 1. The number of anilines is 1. The van der Waals surface area contributed by atoms with Crippen LogP contribution >= 0.6 is 24.8 Å². The van der Waals surface area contributed by atoms with E-state index in [0.717, 1.165) is 12.8 Å². The summed E-state index contributed by atoms with van der Waals surface area (Å²) in [5.41, 5.74) is 6.27. The normalized spacial score (nSPS) is 16.2. The first kappa shape index (κ1) is 23.7. The van der Waals surface area contributed by atoms with Gasteiger partial charge in [-0.3, -0.25) is 4.79 Å². The van der Waals surface area contributed by atoms with Crippen LogP contribution in [0.15, 0.2) is 18.3 Å². The van der Waals surface area contributed by atoms with E-state index in [1.807, 2.05) is 0 Å². The highest BCUT2D eigenvalue weighted by molar-refractivity contribution is 5.94. The Bertz CT molecular complexity index is 526. The Kier molecular flexibility index (Phi) is 10.1. The van der Waals surface area contributed by atoms with E-state index in [1.165, 1.54) is 18.3 Å². The van der Waals surface area contributed by atoms with E-state index < -0.39 is 18.8 Å². The molecule has 2 heterocycles. The minimum absolute atomic E-state index is 0. The van der Waals surface area contributed by atoms with Crippen LogP contribution in [-0.2, 0) is 9.53 Å². The number of hydrogen-bond donors (Lipinski definition) is 2. The molecule has 2 rings (SSSR count). The molecule has 0 aliphatic carbocycles. The van der Waals surface area contributed by atoms with Crippen molar-refractivity contribution in [3.8, 4) is 5.88 Å². The molecule has 144 valence electrons. The summed E-state index contributed by atoms with van der Waals surface area (Å²) < 4.78 is 45.8. The third-order valence-corrected chi connectivity index (χ3v) is 3.46. The highest BCUT2D eigenvalue weighted by Crippen LogP contribution is 2.20. The van der Waals surface area contributed by atoms with E-state index in [9.17, 15) is 18.0 Å². The standard InChI is InChI=1S/C14H18F3N3O3.2ClH/c15-14(16,17)8-23-11-2-1-10(7-19-11)20-13(21)12(18)9-3-5-22-6-4-9;;/h1-2,7,9,12H,3-6,8,18H2,(H,20,21);2*1H. The number of carbonyl (C=O) groups is 1. The molecule has 25 heavy (non-hydrogen) atoms. The third kappa shape index (κ3) is 8.08. The van der Waals surface area contributed by atoms with Crippen molar-refractivity contribution in [2.75, 3.05) is 25.1 Å². The van der Waals surface area contributed by atoms with Crippen molar-refractivity contribution in [3.63, 3.8) is 0 Å². The van der Waals surface area contributed by atoms with Crippen molar-refractivity contribution in [2.24, 2.45) is 11.7 Å². The smallest absolute Gasteiger partial charge is 0.422 e. The van der Waals surface area contributed by atoms with E-state index in [4.69, 9.17) is 10.5 Å². The number of nitrogens with one attached hydrogen (secondary N) is 1. The highest BCUT2D eigenvalue weighted by atomic mass is 35.5. The van der Waals surface area contributed by atoms with Gasteiger partial charge in [-0.1, -0.05) is 0 Å². The molecule has 1 unspecified atom stereocenters. The number of aromatic nitrogens is 1. The van der Waals surface area contributed by atoms with Gasteiger partial charge < -0.3 is 20.5 Å². The Morgan fingerprint density at radius 3 is 2.52 bits per heavy atom. The molecule has 3 N–H and O–H groups in total. The van der Waals surface area contributed by atoms with Crippen molar-refractivity contribution >= 4 is 36.4 Å². The number of halogens is 5. The van der Waals surface area contributed by atoms with Crippen LogP contribution in [-0.4, -0.2) is 42.9 Å². The molecule has 1 fully saturated rings. The first-order valence-electron chi connectivity index (χ1n) is 7.15. The summed E-state index contributed by atoms with van der Waals surface area (Å²) in [4.78, 5) is 15.8. The lowest BCUT2D eigenvalue weighted by Gasteiger charge is -2.26. The van der Waals surface area contributed by atoms with Crippen LogP contribution < -0.4 is 15.8 Å². The van der Waals surface area contributed by atoms with Gasteiger partial charge in [0.1, 0.15) is 0 Å². The van der Waals surface area contributed by atoms with Crippen molar-refractivity contribution in [1.82, 2.24) is 4.98 Å². The van der Waals surface area contributed by atoms with E-state index in [-0.39, 0.29) is 42.5 Å². The molecule has 1 aromatic heterocycles. The van der Waals surface area contributed by atoms with Gasteiger partial charge >= 0.3 is 6.18 Å². The topological polar surface area (TPSA) is 86.5 Å². The highest BCUT2D eigenvalue weighted by Gasteiger charge is 2.29. The van der Waals surface area contributed by atoms with Crippen LogP contribution in [0.3, 0.4) is 0 Å². The summed E-state index contributed by atoms with van der Waals surface area (Å²) in [5, 5.41) is 2.59. The van der Waals surface area contributed by atoms with Crippen molar-refractivity contribution < 1.29 is 27.4 Å². The Morgan fingerprint density at radius 1 is 1.36 bits per heavy atom.